The Bertz CT molecular complexity index is 373. The number of aromatic nitrogens is 3. The van der Waals surface area contributed by atoms with Gasteiger partial charge in [-0.25, -0.2) is 0 Å². The number of rotatable bonds is 1. The van der Waals surface area contributed by atoms with Crippen LogP contribution < -0.4 is 0 Å². The molecule has 12 heavy (non-hydrogen) atoms. The van der Waals surface area contributed by atoms with Crippen LogP contribution in [0.3, 0.4) is 0 Å². The first kappa shape index (κ1) is 7.30. The zero-order chi connectivity index (χ0) is 8.39. The normalized spacial score (nSPS) is 10.1. The van der Waals surface area contributed by atoms with E-state index in [1.165, 1.54) is 0 Å². The van der Waals surface area contributed by atoms with Gasteiger partial charge in [-0.3, -0.25) is 4.98 Å². The molecule has 2 aromatic rings. The predicted molar refractivity (Wildman–Crippen MR) is 43.1 cm³/mol. The van der Waals surface area contributed by atoms with E-state index in [-0.39, 0.29) is 0 Å². The maximum atomic E-state index is 12.4. The van der Waals surface area contributed by atoms with Gasteiger partial charge in [-0.1, -0.05) is 11.3 Å². The first-order valence-electron chi connectivity index (χ1n) is 3.25. The second kappa shape index (κ2) is 2.94. The molecule has 0 bridgehead atoms. The molecular formula is C7H4FN3S. The van der Waals surface area contributed by atoms with Crippen molar-refractivity contribution in [1.82, 2.24) is 15.2 Å². The third kappa shape index (κ3) is 1.31. The van der Waals surface area contributed by atoms with Crippen molar-refractivity contribution < 1.29 is 4.39 Å². The van der Waals surface area contributed by atoms with Gasteiger partial charge >= 0.3 is 0 Å². The molecule has 0 aliphatic heterocycles. The van der Waals surface area contributed by atoms with Crippen molar-refractivity contribution in [3.8, 4) is 10.6 Å². The molecule has 2 rings (SSSR count). The zero-order valence-electron chi connectivity index (χ0n) is 5.94. The van der Waals surface area contributed by atoms with Crippen molar-refractivity contribution in [2.45, 2.75) is 0 Å². The van der Waals surface area contributed by atoms with Crippen LogP contribution in [-0.4, -0.2) is 15.2 Å². The number of hydrogen-bond donors (Lipinski definition) is 0. The van der Waals surface area contributed by atoms with E-state index in [9.17, 15) is 4.39 Å². The smallest absolute Gasteiger partial charge is 0.264 e. The topological polar surface area (TPSA) is 38.7 Å². The average molecular weight is 181 g/mol. The Morgan fingerprint density at radius 1 is 1.33 bits per heavy atom. The Kier molecular flexibility index (Phi) is 1.79. The van der Waals surface area contributed by atoms with E-state index >= 15 is 0 Å². The van der Waals surface area contributed by atoms with E-state index in [4.69, 9.17) is 0 Å². The first-order valence-corrected chi connectivity index (χ1v) is 4.07. The lowest BCUT2D eigenvalue weighted by atomic mass is 10.3. The molecular weight excluding hydrogens is 177 g/mol. The summed E-state index contributed by atoms with van der Waals surface area (Å²) in [7, 11) is 0. The fourth-order valence-electron chi connectivity index (χ4n) is 0.811. The van der Waals surface area contributed by atoms with Crippen LogP contribution in [0.2, 0.25) is 0 Å². The van der Waals surface area contributed by atoms with Crippen molar-refractivity contribution in [2.75, 3.05) is 0 Å². The molecule has 0 fully saturated rings. The number of pyridine rings is 1. The summed E-state index contributed by atoms with van der Waals surface area (Å²) in [6.07, 6.45) is 3.28. The van der Waals surface area contributed by atoms with Gasteiger partial charge in [0, 0.05) is 18.0 Å². The van der Waals surface area contributed by atoms with Crippen molar-refractivity contribution in [1.29, 1.82) is 0 Å². The fourth-order valence-corrected chi connectivity index (χ4v) is 1.37. The van der Waals surface area contributed by atoms with Crippen LogP contribution in [0.25, 0.3) is 10.6 Å². The minimum Gasteiger partial charge on any atom is -0.264 e. The third-order valence-electron chi connectivity index (χ3n) is 1.31. The fraction of sp³-hybridized carbons (Fsp3) is 0. The summed E-state index contributed by atoms with van der Waals surface area (Å²) in [5.41, 5.74) is 0.791. The van der Waals surface area contributed by atoms with Gasteiger partial charge in [-0.05, 0) is 12.1 Å². The largest absolute Gasteiger partial charge is 0.289 e. The van der Waals surface area contributed by atoms with E-state index < -0.39 is 5.26 Å². The third-order valence-corrected chi connectivity index (χ3v) is 2.07. The highest BCUT2D eigenvalue weighted by atomic mass is 32.1. The van der Waals surface area contributed by atoms with Gasteiger partial charge in [0.05, 0.1) is 0 Å². The van der Waals surface area contributed by atoms with E-state index in [2.05, 4.69) is 15.2 Å². The summed E-state index contributed by atoms with van der Waals surface area (Å²) in [5.74, 6) is 0. The summed E-state index contributed by atoms with van der Waals surface area (Å²) < 4.78 is 12.4. The van der Waals surface area contributed by atoms with Crippen LogP contribution in [0.5, 0.6) is 0 Å². The number of nitrogens with zero attached hydrogens (tertiary/aromatic N) is 3. The minimum atomic E-state index is -0.520. The molecule has 5 heteroatoms. The van der Waals surface area contributed by atoms with E-state index in [0.29, 0.717) is 5.01 Å². The predicted octanol–water partition coefficient (Wildman–Crippen LogP) is 1.74. The molecule has 60 valence electrons. The molecule has 3 nitrogen and oxygen atoms in total. The van der Waals surface area contributed by atoms with Crippen LogP contribution in [0.4, 0.5) is 4.39 Å². The lowest BCUT2D eigenvalue weighted by molar-refractivity contribution is 0.601. The molecule has 2 heterocycles. The molecule has 0 saturated heterocycles. The molecule has 0 spiro atoms. The van der Waals surface area contributed by atoms with Crippen molar-refractivity contribution >= 4 is 11.3 Å². The second-order valence-corrected chi connectivity index (χ2v) is 3.03. The molecule has 0 unspecified atom stereocenters. The zero-order valence-corrected chi connectivity index (χ0v) is 6.75. The first-order chi connectivity index (χ1) is 5.86. The van der Waals surface area contributed by atoms with Gasteiger partial charge < -0.3 is 0 Å². The Morgan fingerprint density at radius 3 is 2.83 bits per heavy atom. The summed E-state index contributed by atoms with van der Waals surface area (Å²) in [6.45, 7) is 0. The molecule has 0 radical (unpaired) electrons. The van der Waals surface area contributed by atoms with Gasteiger partial charge in [0.1, 0.15) is 0 Å². The van der Waals surface area contributed by atoms with Crippen LogP contribution >= 0.6 is 11.3 Å². The molecule has 0 aromatic carbocycles. The van der Waals surface area contributed by atoms with E-state index in [1.54, 1.807) is 18.5 Å². The van der Waals surface area contributed by atoms with Crippen LogP contribution in [-0.2, 0) is 0 Å². The molecule has 0 saturated carbocycles. The molecule has 0 amide bonds. The summed E-state index contributed by atoms with van der Waals surface area (Å²) in [4.78, 5) is 3.89. The highest BCUT2D eigenvalue weighted by molar-refractivity contribution is 7.13. The highest BCUT2D eigenvalue weighted by Crippen LogP contribution is 2.20. The maximum absolute atomic E-state index is 12.4. The Balaban J connectivity index is 2.45. The van der Waals surface area contributed by atoms with Gasteiger partial charge in [0.2, 0.25) is 0 Å². The lowest BCUT2D eigenvalue weighted by Gasteiger charge is -1.89. The molecule has 0 aliphatic carbocycles. The van der Waals surface area contributed by atoms with Crippen LogP contribution in [0, 0.1) is 5.26 Å². The minimum absolute atomic E-state index is 0.520. The summed E-state index contributed by atoms with van der Waals surface area (Å²) in [5, 5.41) is 6.94. The number of hydrogen-bond acceptors (Lipinski definition) is 4. The van der Waals surface area contributed by atoms with Crippen molar-refractivity contribution in [3.05, 3.63) is 29.8 Å². The van der Waals surface area contributed by atoms with E-state index in [0.717, 1.165) is 16.9 Å². The van der Waals surface area contributed by atoms with Crippen molar-refractivity contribution in [3.63, 3.8) is 0 Å². The van der Waals surface area contributed by atoms with Crippen molar-refractivity contribution in [2.24, 2.45) is 0 Å². The van der Waals surface area contributed by atoms with Crippen LogP contribution in [0.1, 0.15) is 0 Å². The van der Waals surface area contributed by atoms with Gasteiger partial charge in [-0.2, -0.15) is 4.39 Å². The van der Waals surface area contributed by atoms with Gasteiger partial charge in [-0.15, -0.1) is 10.2 Å². The van der Waals surface area contributed by atoms with Crippen LogP contribution in [0.15, 0.2) is 24.5 Å². The summed E-state index contributed by atoms with van der Waals surface area (Å²) in [6, 6.07) is 3.58. The molecule has 0 N–H and O–H groups in total. The van der Waals surface area contributed by atoms with E-state index in [1.807, 2.05) is 6.07 Å². The highest BCUT2D eigenvalue weighted by Gasteiger charge is 2.04. The lowest BCUT2D eigenvalue weighted by Crippen LogP contribution is -1.77. The monoisotopic (exact) mass is 181 g/mol. The standard InChI is InChI=1S/C7H4FN3S/c8-7-11-10-6(12-7)5-2-1-3-9-4-5/h1-4H. The average Bonchev–Trinajstić information content (AvgIpc) is 2.54. The SMILES string of the molecule is Fc1nnc(-c2cccnc2)s1. The second-order valence-electron chi connectivity index (χ2n) is 2.10. The number of halogens is 1. The maximum Gasteiger partial charge on any atom is 0.289 e. The Morgan fingerprint density at radius 2 is 2.25 bits per heavy atom. The molecule has 0 atom stereocenters. The van der Waals surface area contributed by atoms with Gasteiger partial charge in [0.15, 0.2) is 5.01 Å². The molecule has 2 aromatic heterocycles. The quantitative estimate of drug-likeness (QED) is 0.672. The van der Waals surface area contributed by atoms with Gasteiger partial charge in [0.25, 0.3) is 5.26 Å². The summed E-state index contributed by atoms with van der Waals surface area (Å²) >= 11 is 0.912. The molecule has 0 aliphatic rings. The Labute approximate surface area is 71.9 Å². The Hall–Kier alpha value is -1.36.